The molecule has 0 saturated carbocycles. The number of methoxy groups -OCH3 is 2. The first kappa shape index (κ1) is 19.0. The lowest BCUT2D eigenvalue weighted by Gasteiger charge is -2.08. The van der Waals surface area contributed by atoms with Crippen LogP contribution in [0.5, 0.6) is 11.5 Å². The van der Waals surface area contributed by atoms with Gasteiger partial charge >= 0.3 is 0 Å². The van der Waals surface area contributed by atoms with Crippen LogP contribution < -0.4 is 20.5 Å². The van der Waals surface area contributed by atoms with Gasteiger partial charge in [-0.1, -0.05) is 29.0 Å². The van der Waals surface area contributed by atoms with Crippen molar-refractivity contribution in [1.29, 1.82) is 0 Å². The smallest absolute Gasteiger partial charge is 0.206 e. The van der Waals surface area contributed by atoms with Crippen LogP contribution in [0.4, 0.5) is 16.6 Å². The number of hydrogen-bond acceptors (Lipinski definition) is 7. The molecule has 0 aliphatic carbocycles. The second-order valence-corrected chi connectivity index (χ2v) is 7.15. The van der Waals surface area contributed by atoms with Crippen LogP contribution in [0.15, 0.2) is 36.4 Å². The van der Waals surface area contributed by atoms with Crippen LogP contribution >= 0.6 is 22.9 Å². The van der Waals surface area contributed by atoms with Crippen molar-refractivity contribution in [1.82, 2.24) is 4.98 Å². The lowest BCUT2D eigenvalue weighted by Crippen LogP contribution is -2.03. The van der Waals surface area contributed by atoms with E-state index < -0.39 is 0 Å². The summed E-state index contributed by atoms with van der Waals surface area (Å²) in [5.74, 6) is 0.952. The van der Waals surface area contributed by atoms with Crippen LogP contribution in [0, 0.1) is 6.92 Å². The van der Waals surface area contributed by atoms with E-state index in [1.54, 1.807) is 24.3 Å². The fourth-order valence-electron chi connectivity index (χ4n) is 2.50. The molecule has 0 atom stereocenters. The number of nitrogens with one attached hydrogen (secondary N) is 1. The third kappa shape index (κ3) is 3.99. The zero-order valence-corrected chi connectivity index (χ0v) is 16.6. The maximum absolute atomic E-state index is 12.9. The molecule has 8 heteroatoms. The van der Waals surface area contributed by atoms with Gasteiger partial charge in [-0.2, -0.15) is 0 Å². The summed E-state index contributed by atoms with van der Waals surface area (Å²) in [6.07, 6.45) is 0. The Morgan fingerprint density at radius 2 is 1.89 bits per heavy atom. The van der Waals surface area contributed by atoms with Crippen LogP contribution in [-0.2, 0) is 0 Å². The van der Waals surface area contributed by atoms with Gasteiger partial charge in [0.2, 0.25) is 5.78 Å². The van der Waals surface area contributed by atoms with Gasteiger partial charge in [-0.15, -0.1) is 0 Å². The molecule has 0 radical (unpaired) electrons. The first-order chi connectivity index (χ1) is 12.9. The van der Waals surface area contributed by atoms with Crippen molar-refractivity contribution in [3.63, 3.8) is 0 Å². The van der Waals surface area contributed by atoms with E-state index in [4.69, 9.17) is 26.8 Å². The predicted molar refractivity (Wildman–Crippen MR) is 109 cm³/mol. The van der Waals surface area contributed by atoms with E-state index >= 15 is 0 Å². The number of aromatic nitrogens is 1. The molecule has 0 fully saturated rings. The maximum Gasteiger partial charge on any atom is 0.206 e. The molecule has 0 spiro atoms. The van der Waals surface area contributed by atoms with Gasteiger partial charge in [0.15, 0.2) is 16.6 Å². The zero-order chi connectivity index (χ0) is 19.6. The maximum atomic E-state index is 12.9. The molecule has 0 unspecified atom stereocenters. The monoisotopic (exact) mass is 403 g/mol. The highest BCUT2D eigenvalue weighted by atomic mass is 35.5. The fourth-order valence-corrected chi connectivity index (χ4v) is 3.53. The molecular formula is C19H18ClN3O3S. The Balaban J connectivity index is 1.90. The SMILES string of the molecule is COc1ccc(C(=O)c2sc(Nc3cc(Cl)ccc3C)nc2N)cc1OC. The number of aryl methyl sites for hydroxylation is 1. The number of nitrogens with zero attached hydrogens (tertiary/aromatic N) is 1. The molecule has 0 aliphatic rings. The van der Waals surface area contributed by atoms with Crippen molar-refractivity contribution in [3.05, 3.63) is 57.4 Å². The summed E-state index contributed by atoms with van der Waals surface area (Å²) in [7, 11) is 3.05. The number of anilines is 3. The van der Waals surface area contributed by atoms with E-state index in [9.17, 15) is 4.79 Å². The van der Waals surface area contributed by atoms with Gasteiger partial charge in [-0.05, 0) is 42.8 Å². The summed E-state index contributed by atoms with van der Waals surface area (Å²) in [6.45, 7) is 1.95. The number of ketones is 1. The Hall–Kier alpha value is -2.77. The van der Waals surface area contributed by atoms with Gasteiger partial charge in [-0.25, -0.2) is 4.98 Å². The number of hydrogen-bond donors (Lipinski definition) is 2. The van der Waals surface area contributed by atoms with Crippen molar-refractivity contribution >= 4 is 45.4 Å². The Morgan fingerprint density at radius 3 is 2.59 bits per heavy atom. The standard InChI is InChI=1S/C19H18ClN3O3S/c1-10-4-6-12(20)9-13(10)22-19-23-18(21)17(27-19)16(24)11-5-7-14(25-2)15(8-11)26-3/h4-9H,21H2,1-3H3,(H,22,23). The van der Waals surface area contributed by atoms with Crippen LogP contribution in [0.3, 0.4) is 0 Å². The average Bonchev–Trinajstić information content (AvgIpc) is 3.03. The van der Waals surface area contributed by atoms with Gasteiger partial charge in [0.1, 0.15) is 10.7 Å². The van der Waals surface area contributed by atoms with Gasteiger partial charge < -0.3 is 20.5 Å². The fraction of sp³-hybridized carbons (Fsp3) is 0.158. The highest BCUT2D eigenvalue weighted by Crippen LogP contribution is 2.33. The van der Waals surface area contributed by atoms with E-state index in [2.05, 4.69) is 10.3 Å². The molecule has 0 saturated heterocycles. The minimum absolute atomic E-state index is 0.168. The molecule has 1 aromatic heterocycles. The lowest BCUT2D eigenvalue weighted by molar-refractivity contribution is 0.104. The van der Waals surface area contributed by atoms with E-state index in [0.717, 1.165) is 11.3 Å². The van der Waals surface area contributed by atoms with Gasteiger partial charge in [0, 0.05) is 16.3 Å². The average molecular weight is 404 g/mol. The zero-order valence-electron chi connectivity index (χ0n) is 15.0. The highest BCUT2D eigenvalue weighted by Gasteiger charge is 2.20. The predicted octanol–water partition coefficient (Wildman–Crippen LogP) is 4.68. The quantitative estimate of drug-likeness (QED) is 0.581. The van der Waals surface area contributed by atoms with Gasteiger partial charge in [0.05, 0.1) is 14.2 Å². The molecule has 2 aromatic carbocycles. The third-order valence-corrected chi connectivity index (χ3v) is 5.17. The van der Waals surface area contributed by atoms with Crippen molar-refractivity contribution in [2.75, 3.05) is 25.3 Å². The van der Waals surface area contributed by atoms with Crippen molar-refractivity contribution in [3.8, 4) is 11.5 Å². The third-order valence-electron chi connectivity index (χ3n) is 3.95. The topological polar surface area (TPSA) is 86.5 Å². The molecule has 140 valence electrons. The second kappa shape index (κ2) is 7.85. The minimum atomic E-state index is -0.234. The van der Waals surface area contributed by atoms with Crippen molar-refractivity contribution in [2.24, 2.45) is 0 Å². The molecule has 0 bridgehead atoms. The van der Waals surface area contributed by atoms with Gasteiger partial charge in [0.25, 0.3) is 0 Å². The number of ether oxygens (including phenoxy) is 2. The number of nitrogen functional groups attached to an aromatic ring is 1. The first-order valence-electron chi connectivity index (χ1n) is 7.99. The van der Waals surface area contributed by atoms with E-state index in [1.807, 2.05) is 19.1 Å². The normalized spacial score (nSPS) is 10.5. The van der Waals surface area contributed by atoms with Crippen LogP contribution in [0.2, 0.25) is 5.02 Å². The molecule has 1 heterocycles. The second-order valence-electron chi connectivity index (χ2n) is 5.72. The van der Waals surface area contributed by atoms with E-state index in [0.29, 0.717) is 32.1 Å². The minimum Gasteiger partial charge on any atom is -0.493 e. The van der Waals surface area contributed by atoms with Crippen LogP contribution in [-0.4, -0.2) is 25.0 Å². The number of nitrogens with two attached hydrogens (primary N) is 1. The Labute approximate surface area is 165 Å². The van der Waals surface area contributed by atoms with Crippen LogP contribution in [0.1, 0.15) is 20.8 Å². The summed E-state index contributed by atoms with van der Waals surface area (Å²) in [5, 5.41) is 4.29. The molecular weight excluding hydrogens is 386 g/mol. The summed E-state index contributed by atoms with van der Waals surface area (Å²) < 4.78 is 10.5. The summed E-state index contributed by atoms with van der Waals surface area (Å²) in [6, 6.07) is 10.5. The first-order valence-corrected chi connectivity index (χ1v) is 9.18. The number of benzene rings is 2. The van der Waals surface area contributed by atoms with Crippen molar-refractivity contribution < 1.29 is 14.3 Å². The number of halogens is 1. The van der Waals surface area contributed by atoms with Crippen molar-refractivity contribution in [2.45, 2.75) is 6.92 Å². The number of thiazole rings is 1. The van der Waals surface area contributed by atoms with E-state index in [1.165, 1.54) is 25.6 Å². The van der Waals surface area contributed by atoms with Gasteiger partial charge in [-0.3, -0.25) is 4.79 Å². The van der Waals surface area contributed by atoms with Crippen LogP contribution in [0.25, 0.3) is 0 Å². The molecule has 27 heavy (non-hydrogen) atoms. The van der Waals surface area contributed by atoms with E-state index in [-0.39, 0.29) is 11.6 Å². The molecule has 3 N–H and O–H groups in total. The molecule has 6 nitrogen and oxygen atoms in total. The molecule has 3 aromatic rings. The Kier molecular flexibility index (Phi) is 5.53. The largest absolute Gasteiger partial charge is 0.493 e. The summed E-state index contributed by atoms with van der Waals surface area (Å²) in [4.78, 5) is 17.5. The summed E-state index contributed by atoms with van der Waals surface area (Å²) >= 11 is 7.23. The number of carbonyl (C=O) groups excluding carboxylic acids is 1. The highest BCUT2D eigenvalue weighted by molar-refractivity contribution is 7.18. The summed E-state index contributed by atoms with van der Waals surface area (Å²) in [5.41, 5.74) is 8.23. The number of rotatable bonds is 6. The lowest BCUT2D eigenvalue weighted by atomic mass is 10.1. The molecule has 3 rings (SSSR count). The molecule has 0 aliphatic heterocycles. The number of carbonyl (C=O) groups is 1. The molecule has 0 amide bonds. The Morgan fingerprint density at radius 1 is 1.15 bits per heavy atom. The Bertz CT molecular complexity index is 1000.